The van der Waals surface area contributed by atoms with Crippen LogP contribution in [-0.4, -0.2) is 23.2 Å². The van der Waals surface area contributed by atoms with Crippen molar-refractivity contribution in [2.45, 2.75) is 20.1 Å². The second-order valence-electron chi connectivity index (χ2n) is 8.59. The summed E-state index contributed by atoms with van der Waals surface area (Å²) in [6.07, 6.45) is 1.72. The lowest BCUT2D eigenvalue weighted by molar-refractivity contribution is -0.123. The average molecular weight is 496 g/mol. The maximum Gasteiger partial charge on any atom is 0.293 e. The van der Waals surface area contributed by atoms with Crippen molar-refractivity contribution in [3.63, 3.8) is 0 Å². The number of aryl methyl sites for hydroxylation is 1. The molecule has 5 rings (SSSR count). The minimum Gasteiger partial charge on any atom is -0.493 e. The Morgan fingerprint density at radius 2 is 1.67 bits per heavy atom. The van der Waals surface area contributed by atoms with E-state index < -0.39 is 0 Å². The largest absolute Gasteiger partial charge is 0.493 e. The van der Waals surface area contributed by atoms with E-state index in [1.807, 2.05) is 91.9 Å². The second kappa shape index (κ2) is 10.3. The molecule has 36 heavy (non-hydrogen) atoms. The number of thioether (sulfide) groups is 1. The van der Waals surface area contributed by atoms with Gasteiger partial charge in [-0.1, -0.05) is 78.4 Å². The standard InChI is InChI=1S/C30H25NO4S/c1-20-10-12-21(13-11-20)19-35-26-15-14-22(16-27(26)34-2)17-28-29(32)31(30(33)36-28)18-24-8-5-7-23-6-3-4-9-25(23)24/h3-17H,18-19H2,1-2H3/b28-17-. The topological polar surface area (TPSA) is 55.8 Å². The monoisotopic (exact) mass is 495 g/mol. The Morgan fingerprint density at radius 3 is 2.47 bits per heavy atom. The zero-order valence-electron chi connectivity index (χ0n) is 20.1. The highest BCUT2D eigenvalue weighted by Crippen LogP contribution is 2.36. The van der Waals surface area contributed by atoms with Gasteiger partial charge in [0.15, 0.2) is 11.5 Å². The number of nitrogens with zero attached hydrogens (tertiary/aromatic N) is 1. The molecule has 0 N–H and O–H groups in total. The first-order valence-corrected chi connectivity index (χ1v) is 12.4. The summed E-state index contributed by atoms with van der Waals surface area (Å²) >= 11 is 0.954. The summed E-state index contributed by atoms with van der Waals surface area (Å²) < 4.78 is 11.5. The molecule has 0 bridgehead atoms. The molecule has 0 aromatic heterocycles. The van der Waals surface area contributed by atoms with Crippen LogP contribution in [0.5, 0.6) is 11.5 Å². The van der Waals surface area contributed by atoms with Gasteiger partial charge in [-0.05, 0) is 64.4 Å². The third kappa shape index (κ3) is 4.99. The first-order valence-electron chi connectivity index (χ1n) is 11.6. The minimum atomic E-state index is -0.295. The van der Waals surface area contributed by atoms with E-state index in [1.165, 1.54) is 10.5 Å². The summed E-state index contributed by atoms with van der Waals surface area (Å²) in [5.41, 5.74) is 3.95. The fraction of sp³-hybridized carbons (Fsp3) is 0.133. The summed E-state index contributed by atoms with van der Waals surface area (Å²) in [6.45, 7) is 2.70. The minimum absolute atomic E-state index is 0.235. The van der Waals surface area contributed by atoms with Gasteiger partial charge < -0.3 is 9.47 Å². The van der Waals surface area contributed by atoms with E-state index in [0.29, 0.717) is 23.0 Å². The Labute approximate surface area is 214 Å². The zero-order chi connectivity index (χ0) is 25.1. The number of fused-ring (bicyclic) bond motifs is 1. The molecular weight excluding hydrogens is 470 g/mol. The van der Waals surface area contributed by atoms with E-state index in [4.69, 9.17) is 9.47 Å². The lowest BCUT2D eigenvalue weighted by Crippen LogP contribution is -2.27. The van der Waals surface area contributed by atoms with Gasteiger partial charge in [0.05, 0.1) is 18.6 Å². The molecule has 1 heterocycles. The number of methoxy groups -OCH3 is 1. The van der Waals surface area contributed by atoms with Crippen molar-refractivity contribution >= 4 is 39.8 Å². The summed E-state index contributed by atoms with van der Waals surface area (Å²) in [5, 5.41) is 1.84. The Hall–Kier alpha value is -4.03. The molecule has 180 valence electrons. The molecule has 1 aliphatic heterocycles. The lowest BCUT2D eigenvalue weighted by atomic mass is 10.0. The van der Waals surface area contributed by atoms with Gasteiger partial charge >= 0.3 is 0 Å². The Balaban J connectivity index is 1.33. The molecular formula is C30H25NO4S. The van der Waals surface area contributed by atoms with E-state index in [-0.39, 0.29) is 17.7 Å². The van der Waals surface area contributed by atoms with Crippen LogP contribution in [-0.2, 0) is 17.9 Å². The molecule has 1 aliphatic rings. The third-order valence-corrected chi connectivity index (χ3v) is 6.99. The number of carbonyl (C=O) groups excluding carboxylic acids is 2. The van der Waals surface area contributed by atoms with E-state index in [2.05, 4.69) is 0 Å². The van der Waals surface area contributed by atoms with Crippen molar-refractivity contribution in [1.29, 1.82) is 0 Å². The molecule has 4 aromatic carbocycles. The first kappa shape index (κ1) is 23.7. The maximum absolute atomic E-state index is 13.1. The number of hydrogen-bond acceptors (Lipinski definition) is 5. The zero-order valence-corrected chi connectivity index (χ0v) is 20.9. The molecule has 1 saturated heterocycles. The van der Waals surface area contributed by atoms with Gasteiger partial charge in [-0.15, -0.1) is 0 Å². The summed E-state index contributed by atoms with van der Waals surface area (Å²) in [6, 6.07) is 27.5. The molecule has 0 aliphatic carbocycles. The number of ether oxygens (including phenoxy) is 2. The van der Waals surface area contributed by atoms with E-state index >= 15 is 0 Å². The van der Waals surface area contributed by atoms with Gasteiger partial charge in [0.2, 0.25) is 0 Å². The normalized spacial score (nSPS) is 14.6. The quantitative estimate of drug-likeness (QED) is 0.259. The molecule has 5 nitrogen and oxygen atoms in total. The van der Waals surface area contributed by atoms with Crippen LogP contribution in [0.4, 0.5) is 4.79 Å². The number of hydrogen-bond donors (Lipinski definition) is 0. The Morgan fingerprint density at radius 1 is 0.889 bits per heavy atom. The first-order chi connectivity index (χ1) is 17.5. The van der Waals surface area contributed by atoms with Crippen molar-refractivity contribution in [1.82, 2.24) is 4.90 Å². The Bertz CT molecular complexity index is 1470. The van der Waals surface area contributed by atoms with E-state index in [9.17, 15) is 9.59 Å². The third-order valence-electron chi connectivity index (χ3n) is 6.08. The molecule has 0 saturated carbocycles. The number of rotatable bonds is 7. The second-order valence-corrected chi connectivity index (χ2v) is 9.58. The molecule has 0 atom stereocenters. The van der Waals surface area contributed by atoms with Crippen LogP contribution in [0.25, 0.3) is 16.8 Å². The van der Waals surface area contributed by atoms with E-state index in [1.54, 1.807) is 13.2 Å². The van der Waals surface area contributed by atoms with Crippen LogP contribution in [0, 0.1) is 6.92 Å². The van der Waals surface area contributed by atoms with Crippen molar-refractivity contribution in [2.24, 2.45) is 0 Å². The number of imide groups is 1. The molecule has 0 radical (unpaired) electrons. The average Bonchev–Trinajstić information content (AvgIpc) is 3.16. The van der Waals surface area contributed by atoms with Gasteiger partial charge in [0.25, 0.3) is 11.1 Å². The van der Waals surface area contributed by atoms with Gasteiger partial charge in [-0.25, -0.2) is 0 Å². The summed E-state index contributed by atoms with van der Waals surface area (Å²) in [7, 11) is 1.58. The number of benzene rings is 4. The molecule has 0 spiro atoms. The fourth-order valence-electron chi connectivity index (χ4n) is 4.13. The smallest absolute Gasteiger partial charge is 0.293 e. The van der Waals surface area contributed by atoms with Gasteiger partial charge in [0.1, 0.15) is 6.61 Å². The summed E-state index contributed by atoms with van der Waals surface area (Å²) in [4.78, 5) is 27.5. The predicted octanol–water partition coefficient (Wildman–Crippen LogP) is 6.97. The highest BCUT2D eigenvalue weighted by Gasteiger charge is 2.35. The van der Waals surface area contributed by atoms with Crippen molar-refractivity contribution in [3.05, 3.63) is 112 Å². The molecule has 0 unspecified atom stereocenters. The maximum atomic E-state index is 13.1. The Kier molecular flexibility index (Phi) is 6.78. The van der Waals surface area contributed by atoms with Crippen LogP contribution < -0.4 is 9.47 Å². The summed E-state index contributed by atoms with van der Waals surface area (Å²) in [5.74, 6) is 0.877. The molecule has 4 aromatic rings. The van der Waals surface area contributed by atoms with Gasteiger partial charge in [-0.2, -0.15) is 0 Å². The van der Waals surface area contributed by atoms with Crippen LogP contribution in [0.2, 0.25) is 0 Å². The van der Waals surface area contributed by atoms with E-state index in [0.717, 1.165) is 39.2 Å². The highest BCUT2D eigenvalue weighted by molar-refractivity contribution is 8.18. The molecule has 6 heteroatoms. The SMILES string of the molecule is COc1cc(/C=C2\SC(=O)N(Cc3cccc4ccccc34)C2=O)ccc1OCc1ccc(C)cc1. The van der Waals surface area contributed by atoms with Crippen molar-refractivity contribution in [2.75, 3.05) is 7.11 Å². The van der Waals surface area contributed by atoms with Gasteiger partial charge in [0, 0.05) is 0 Å². The lowest BCUT2D eigenvalue weighted by Gasteiger charge is -2.14. The predicted molar refractivity (Wildman–Crippen MR) is 144 cm³/mol. The fourth-order valence-corrected chi connectivity index (χ4v) is 4.97. The van der Waals surface area contributed by atoms with Crippen LogP contribution in [0.15, 0.2) is 89.8 Å². The van der Waals surface area contributed by atoms with Crippen LogP contribution in [0.3, 0.4) is 0 Å². The number of carbonyl (C=O) groups is 2. The van der Waals surface area contributed by atoms with Crippen molar-refractivity contribution < 1.29 is 19.1 Å². The molecule has 1 fully saturated rings. The number of amides is 2. The van der Waals surface area contributed by atoms with Crippen LogP contribution in [0.1, 0.15) is 22.3 Å². The van der Waals surface area contributed by atoms with Gasteiger partial charge in [-0.3, -0.25) is 14.5 Å². The molecule has 2 amide bonds. The van der Waals surface area contributed by atoms with Crippen molar-refractivity contribution in [3.8, 4) is 11.5 Å². The highest BCUT2D eigenvalue weighted by atomic mass is 32.2. The van der Waals surface area contributed by atoms with Crippen LogP contribution >= 0.6 is 11.8 Å².